The van der Waals surface area contributed by atoms with E-state index < -0.39 is 23.3 Å². The van der Waals surface area contributed by atoms with E-state index in [-0.39, 0.29) is 36.5 Å². The van der Waals surface area contributed by atoms with Crippen molar-refractivity contribution < 1.29 is 45.0 Å². The van der Waals surface area contributed by atoms with Crippen LogP contribution in [0.25, 0.3) is 0 Å². The monoisotopic (exact) mass is 422 g/mol. The highest BCUT2D eigenvalue weighted by atomic mass is 16.4. The number of carbonyl (C=O) groups is 3. The fourth-order valence-corrected chi connectivity index (χ4v) is 0.485. The number of aliphatic hydroxyl groups excluding tert-OH is 3. The standard InChI is InChI=1S/C6H14O3.3C4H6O2.C2H6/c1-2-6(3-7,4-8)5-9;3*1-3(2)4(5)6;1-2/h7-9H,2-5H2,1H3;3*1H2,2H3,(H,5,6);1-2H3. The zero-order valence-electron chi connectivity index (χ0n) is 18.4. The summed E-state index contributed by atoms with van der Waals surface area (Å²) >= 11 is 0. The molecule has 0 saturated heterocycles. The van der Waals surface area contributed by atoms with Crippen molar-refractivity contribution in [2.24, 2.45) is 5.41 Å². The van der Waals surface area contributed by atoms with Gasteiger partial charge in [-0.05, 0) is 27.2 Å². The summed E-state index contributed by atoms with van der Waals surface area (Å²) in [6.07, 6.45) is 0.594. The van der Waals surface area contributed by atoms with Crippen molar-refractivity contribution in [3.05, 3.63) is 36.5 Å². The second-order valence-electron chi connectivity index (χ2n) is 5.58. The minimum Gasteiger partial charge on any atom is -0.478 e. The third-order valence-corrected chi connectivity index (χ3v) is 2.85. The molecule has 0 aliphatic carbocycles. The second kappa shape index (κ2) is 23.5. The van der Waals surface area contributed by atoms with E-state index in [0.717, 1.165) is 0 Å². The Labute approximate surface area is 173 Å². The topological polar surface area (TPSA) is 173 Å². The van der Waals surface area contributed by atoms with Gasteiger partial charge in [0.2, 0.25) is 0 Å². The molecular weight excluding hydrogens is 384 g/mol. The van der Waals surface area contributed by atoms with Gasteiger partial charge in [0.25, 0.3) is 0 Å². The summed E-state index contributed by atoms with van der Waals surface area (Å²) in [5.41, 5.74) is -0.139. The van der Waals surface area contributed by atoms with E-state index in [1.165, 1.54) is 20.8 Å². The van der Waals surface area contributed by atoms with E-state index in [9.17, 15) is 14.4 Å². The molecule has 0 aromatic rings. The SMILES string of the molecule is C=C(C)C(=O)O.C=C(C)C(=O)O.C=C(C)C(=O)O.CC.CCC(CO)(CO)CO. The summed E-state index contributed by atoms with van der Waals surface area (Å²) < 4.78 is 0. The molecule has 0 atom stereocenters. The molecule has 0 radical (unpaired) electrons. The van der Waals surface area contributed by atoms with E-state index in [1.807, 2.05) is 20.8 Å². The van der Waals surface area contributed by atoms with Gasteiger partial charge < -0.3 is 30.6 Å². The molecule has 0 aromatic carbocycles. The van der Waals surface area contributed by atoms with Gasteiger partial charge in [-0.25, -0.2) is 14.4 Å². The minimum absolute atomic E-state index is 0.156. The summed E-state index contributed by atoms with van der Waals surface area (Å²) in [4.78, 5) is 28.8. The zero-order valence-corrected chi connectivity index (χ0v) is 18.4. The fourth-order valence-electron chi connectivity index (χ4n) is 0.485. The molecule has 0 aromatic heterocycles. The fraction of sp³-hybridized carbons (Fsp3) is 0.550. The van der Waals surface area contributed by atoms with E-state index in [2.05, 4.69) is 19.7 Å². The lowest BCUT2D eigenvalue weighted by Crippen LogP contribution is -2.32. The lowest BCUT2D eigenvalue weighted by atomic mass is 9.88. The van der Waals surface area contributed by atoms with Crippen molar-refractivity contribution in [3.8, 4) is 0 Å². The number of aliphatic carboxylic acids is 3. The Morgan fingerprint density at radius 2 is 0.793 bits per heavy atom. The van der Waals surface area contributed by atoms with E-state index in [1.54, 1.807) is 0 Å². The molecule has 0 unspecified atom stereocenters. The third kappa shape index (κ3) is 30.5. The number of hydrogen-bond acceptors (Lipinski definition) is 6. The van der Waals surface area contributed by atoms with Gasteiger partial charge in [-0.15, -0.1) is 0 Å². The Bertz CT molecular complexity index is 394. The van der Waals surface area contributed by atoms with Crippen molar-refractivity contribution in [2.75, 3.05) is 19.8 Å². The van der Waals surface area contributed by atoms with Gasteiger partial charge in [0.05, 0.1) is 19.8 Å². The van der Waals surface area contributed by atoms with Crippen LogP contribution in [0.3, 0.4) is 0 Å². The molecule has 9 heteroatoms. The van der Waals surface area contributed by atoms with Crippen LogP contribution in [-0.4, -0.2) is 68.4 Å². The van der Waals surface area contributed by atoms with Gasteiger partial charge in [-0.2, -0.15) is 0 Å². The highest BCUT2D eigenvalue weighted by Crippen LogP contribution is 2.18. The van der Waals surface area contributed by atoms with Crippen LogP contribution in [0.2, 0.25) is 0 Å². The molecule has 0 spiro atoms. The van der Waals surface area contributed by atoms with Crippen LogP contribution >= 0.6 is 0 Å². The molecule has 9 nitrogen and oxygen atoms in total. The Kier molecular flexibility index (Phi) is 30.3. The first-order chi connectivity index (χ1) is 13.2. The van der Waals surface area contributed by atoms with Gasteiger partial charge in [-0.3, -0.25) is 0 Å². The Hall–Kier alpha value is -2.49. The first-order valence-corrected chi connectivity index (χ1v) is 8.66. The molecule has 0 fully saturated rings. The molecule has 0 bridgehead atoms. The number of carboxylic acid groups (broad SMARTS) is 3. The van der Waals surface area contributed by atoms with Crippen molar-refractivity contribution in [1.82, 2.24) is 0 Å². The Morgan fingerprint density at radius 1 is 0.655 bits per heavy atom. The maximum absolute atomic E-state index is 9.60. The van der Waals surface area contributed by atoms with E-state index >= 15 is 0 Å². The van der Waals surface area contributed by atoms with Crippen LogP contribution in [0, 0.1) is 5.41 Å². The summed E-state index contributed by atoms with van der Waals surface area (Å²) in [5.74, 6) is -2.81. The van der Waals surface area contributed by atoms with Crippen molar-refractivity contribution >= 4 is 17.9 Å². The van der Waals surface area contributed by atoms with Gasteiger partial charge in [0.1, 0.15) is 0 Å². The lowest BCUT2D eigenvalue weighted by Gasteiger charge is -2.24. The summed E-state index contributed by atoms with van der Waals surface area (Å²) in [7, 11) is 0. The van der Waals surface area contributed by atoms with Gasteiger partial charge in [0, 0.05) is 22.1 Å². The molecule has 29 heavy (non-hydrogen) atoms. The molecule has 0 amide bonds. The van der Waals surface area contributed by atoms with Crippen molar-refractivity contribution in [2.45, 2.75) is 48.0 Å². The average molecular weight is 423 g/mol. The maximum atomic E-state index is 9.60. The van der Waals surface area contributed by atoms with Crippen LogP contribution in [0.15, 0.2) is 36.5 Å². The van der Waals surface area contributed by atoms with Crippen LogP contribution in [0.4, 0.5) is 0 Å². The number of hydrogen-bond donors (Lipinski definition) is 6. The van der Waals surface area contributed by atoms with Crippen LogP contribution in [-0.2, 0) is 14.4 Å². The molecule has 6 N–H and O–H groups in total. The summed E-state index contributed by atoms with van der Waals surface area (Å²) in [6.45, 7) is 19.2. The van der Waals surface area contributed by atoms with E-state index in [4.69, 9.17) is 30.6 Å². The van der Waals surface area contributed by atoms with Gasteiger partial charge >= 0.3 is 17.9 Å². The highest BCUT2D eigenvalue weighted by Gasteiger charge is 2.24. The summed E-state index contributed by atoms with van der Waals surface area (Å²) in [5, 5.41) is 49.6. The number of carboxylic acids is 3. The molecule has 0 saturated carbocycles. The normalized spacial score (nSPS) is 8.59. The van der Waals surface area contributed by atoms with Gasteiger partial charge in [-0.1, -0.05) is 40.5 Å². The largest absolute Gasteiger partial charge is 0.478 e. The first-order valence-electron chi connectivity index (χ1n) is 8.66. The molecule has 0 heterocycles. The van der Waals surface area contributed by atoms with Crippen LogP contribution < -0.4 is 0 Å². The van der Waals surface area contributed by atoms with Crippen molar-refractivity contribution in [3.63, 3.8) is 0 Å². The average Bonchev–Trinajstić information content (AvgIpc) is 2.67. The van der Waals surface area contributed by atoms with Gasteiger partial charge in [0.15, 0.2) is 0 Å². The third-order valence-electron chi connectivity index (χ3n) is 2.85. The van der Waals surface area contributed by atoms with Crippen LogP contribution in [0.1, 0.15) is 48.0 Å². The molecule has 0 aliphatic heterocycles. The quantitative estimate of drug-likeness (QED) is 0.337. The maximum Gasteiger partial charge on any atom is 0.330 e. The highest BCUT2D eigenvalue weighted by molar-refractivity contribution is 5.85. The van der Waals surface area contributed by atoms with E-state index in [0.29, 0.717) is 6.42 Å². The predicted octanol–water partition coefficient (Wildman–Crippen LogP) is 2.33. The second-order valence-corrected chi connectivity index (χ2v) is 5.58. The lowest BCUT2D eigenvalue weighted by molar-refractivity contribution is -0.133. The zero-order chi connectivity index (χ0) is 24.8. The smallest absolute Gasteiger partial charge is 0.330 e. The Morgan fingerprint density at radius 3 is 0.793 bits per heavy atom. The molecular formula is C20H38O9. The van der Waals surface area contributed by atoms with Crippen LogP contribution in [0.5, 0.6) is 0 Å². The first kappa shape index (κ1) is 37.3. The Balaban J connectivity index is -0.0000000871. The molecule has 0 rings (SSSR count). The number of aliphatic hydroxyl groups is 3. The summed E-state index contributed by atoms with van der Waals surface area (Å²) in [6, 6.07) is 0. The van der Waals surface area contributed by atoms with Crippen molar-refractivity contribution in [1.29, 1.82) is 0 Å². The number of rotatable bonds is 7. The minimum atomic E-state index is -0.935. The predicted molar refractivity (Wildman–Crippen MR) is 113 cm³/mol. The molecule has 0 aliphatic rings. The molecule has 172 valence electrons.